The van der Waals surface area contributed by atoms with Gasteiger partial charge in [0.1, 0.15) is 28.7 Å². The molecule has 1 aromatic carbocycles. The number of hydrogen-bond donors (Lipinski definition) is 5. The maximum Gasteiger partial charge on any atom is 0.309 e. The van der Waals surface area contributed by atoms with Crippen LogP contribution in [0.3, 0.4) is 0 Å². The van der Waals surface area contributed by atoms with Gasteiger partial charge in [-0.25, -0.2) is 9.37 Å². The second-order valence-corrected chi connectivity index (χ2v) is 17.6. The summed E-state index contributed by atoms with van der Waals surface area (Å²) < 4.78 is 14.3. The molecule has 0 saturated carbocycles. The number of aliphatic hydroxyl groups is 1. The van der Waals surface area contributed by atoms with E-state index in [2.05, 4.69) is 27.4 Å². The zero-order chi connectivity index (χ0) is 41.7. The number of benzene rings is 1. The lowest BCUT2D eigenvalue weighted by Crippen LogP contribution is -2.58. The van der Waals surface area contributed by atoms with Gasteiger partial charge in [-0.1, -0.05) is 72.8 Å². The van der Waals surface area contributed by atoms with Gasteiger partial charge in [0.2, 0.25) is 11.8 Å². The number of rotatable bonds is 22. The fourth-order valence-corrected chi connectivity index (χ4v) is 8.22. The van der Waals surface area contributed by atoms with E-state index in [0.29, 0.717) is 23.5 Å². The molecule has 3 rings (SSSR count). The zero-order valence-electron chi connectivity index (χ0n) is 34.8. The number of likely N-dealkylation sites (tertiary alicyclic amines) is 1. The Labute approximate surface area is 337 Å². The van der Waals surface area contributed by atoms with Crippen LogP contribution in [-0.2, 0) is 20.8 Å². The minimum absolute atomic E-state index is 0.0118. The normalized spacial score (nSPS) is 17.8. The maximum absolute atomic E-state index is 14.7. The second kappa shape index (κ2) is 21.8. The van der Waals surface area contributed by atoms with Gasteiger partial charge in [0.05, 0.1) is 17.1 Å². The number of amides is 3. The molecule has 6 atom stereocenters. The van der Waals surface area contributed by atoms with Crippen LogP contribution in [0.2, 0.25) is 0 Å². The number of carboxylic acid groups (broad SMARTS) is 1. The molecule has 0 spiro atoms. The summed E-state index contributed by atoms with van der Waals surface area (Å²) in [5, 5.41) is 29.4. The molecule has 2 aromatic rings. The molecule has 0 bridgehead atoms. The fourth-order valence-electron chi connectivity index (χ4n) is 7.42. The van der Waals surface area contributed by atoms with E-state index in [-0.39, 0.29) is 66.4 Å². The molecule has 1 aliphatic rings. The average Bonchev–Trinajstić information content (AvgIpc) is 3.65. The molecule has 6 N–H and O–H groups in total. The van der Waals surface area contributed by atoms with Crippen molar-refractivity contribution < 1.29 is 33.8 Å². The number of aliphatic hydroxyl groups excluding tert-OH is 1. The van der Waals surface area contributed by atoms with Crippen LogP contribution in [0.25, 0.3) is 0 Å². The molecule has 56 heavy (non-hydrogen) atoms. The van der Waals surface area contributed by atoms with Crippen molar-refractivity contribution >= 4 is 40.7 Å². The molecule has 3 amide bonds. The first-order valence-electron chi connectivity index (χ1n) is 20.4. The van der Waals surface area contributed by atoms with Crippen LogP contribution in [0.1, 0.15) is 140 Å². The number of halogens is 1. The number of carboxylic acids is 1. The predicted molar refractivity (Wildman–Crippen MR) is 220 cm³/mol. The molecule has 2 heterocycles. The van der Waals surface area contributed by atoms with Gasteiger partial charge in [-0.3, -0.25) is 24.1 Å². The number of nitrogens with two attached hydrogens (primary N) is 1. The summed E-state index contributed by atoms with van der Waals surface area (Å²) in [4.78, 5) is 62.3. The van der Waals surface area contributed by atoms with Crippen LogP contribution < -0.4 is 16.4 Å². The number of aromatic nitrogens is 1. The molecule has 0 aliphatic carbocycles. The monoisotopic (exact) mass is 802 g/mol. The lowest BCUT2D eigenvalue weighted by atomic mass is 9.84. The summed E-state index contributed by atoms with van der Waals surface area (Å²) in [5.74, 6) is -2.62. The van der Waals surface area contributed by atoms with Gasteiger partial charge in [0, 0.05) is 30.4 Å². The number of anilines is 1. The summed E-state index contributed by atoms with van der Waals surface area (Å²) in [6.45, 7) is 14.6. The van der Waals surface area contributed by atoms with E-state index >= 15 is 0 Å². The maximum atomic E-state index is 14.7. The Morgan fingerprint density at radius 1 is 1.11 bits per heavy atom. The Bertz CT molecular complexity index is 1600. The molecule has 1 fully saturated rings. The number of likely N-dealkylation sites (N-methyl/N-ethyl adjacent to an activating group) is 1. The number of carbonyl (C=O) groups excluding carboxylic acids is 3. The Hall–Kier alpha value is -3.62. The first kappa shape index (κ1) is 46.8. The highest BCUT2D eigenvalue weighted by atomic mass is 32.1. The molecule has 1 saturated heterocycles. The first-order valence-corrected chi connectivity index (χ1v) is 21.3. The third-order valence-corrected chi connectivity index (χ3v) is 12.2. The van der Waals surface area contributed by atoms with Crippen molar-refractivity contribution in [1.29, 1.82) is 0 Å². The van der Waals surface area contributed by atoms with Crippen molar-refractivity contribution in [2.45, 2.75) is 149 Å². The smallest absolute Gasteiger partial charge is 0.309 e. The van der Waals surface area contributed by atoms with Gasteiger partial charge in [-0.15, -0.1) is 11.3 Å². The van der Waals surface area contributed by atoms with E-state index in [9.17, 15) is 33.8 Å². The van der Waals surface area contributed by atoms with E-state index < -0.39 is 41.3 Å². The van der Waals surface area contributed by atoms with Crippen molar-refractivity contribution in [3.63, 3.8) is 0 Å². The van der Waals surface area contributed by atoms with Crippen molar-refractivity contribution in [3.8, 4) is 0 Å². The van der Waals surface area contributed by atoms with Crippen molar-refractivity contribution in [3.05, 3.63) is 45.7 Å². The lowest BCUT2D eigenvalue weighted by molar-refractivity contribution is -0.147. The van der Waals surface area contributed by atoms with Crippen LogP contribution in [0.4, 0.5) is 10.1 Å². The van der Waals surface area contributed by atoms with Crippen molar-refractivity contribution in [1.82, 2.24) is 25.4 Å². The summed E-state index contributed by atoms with van der Waals surface area (Å²) in [6, 6.07) is 2.29. The van der Waals surface area contributed by atoms with Crippen LogP contribution >= 0.6 is 11.3 Å². The van der Waals surface area contributed by atoms with E-state index in [4.69, 9.17) is 5.73 Å². The standard InChI is InChI=1S/C42H67FN6O6S/c1-9-11-12-14-20-49(40(53)36(27(5)10-2)47-38(52)33-16-13-15-19-48(33)8)34(26(3)4)23-35(50)39-46-32(25-56-39)37(51)45-29(24-42(6,7)41(54)55)21-28-17-18-31(44)30(43)22-28/h17-18,22,25-27,29,33-36,50H,9-16,19-21,23-24,44H2,1-8H3,(H,45,51)(H,47,52)(H,54,55)/t27-,29?,33+,34+,35+,36-/m0/s1. The molecule has 1 aromatic heterocycles. The highest BCUT2D eigenvalue weighted by Gasteiger charge is 2.38. The van der Waals surface area contributed by atoms with E-state index in [1.54, 1.807) is 25.3 Å². The highest BCUT2D eigenvalue weighted by Crippen LogP contribution is 2.30. The Balaban J connectivity index is 1.85. The molecule has 1 unspecified atom stereocenters. The number of unbranched alkanes of at least 4 members (excludes halogenated alkanes) is 3. The van der Waals surface area contributed by atoms with Crippen LogP contribution in [0.5, 0.6) is 0 Å². The van der Waals surface area contributed by atoms with Gasteiger partial charge in [0.25, 0.3) is 5.91 Å². The Morgan fingerprint density at radius 3 is 2.43 bits per heavy atom. The summed E-state index contributed by atoms with van der Waals surface area (Å²) in [7, 11) is 1.95. The van der Waals surface area contributed by atoms with Crippen molar-refractivity contribution in [2.24, 2.45) is 17.3 Å². The Morgan fingerprint density at radius 2 is 1.82 bits per heavy atom. The SMILES string of the molecule is CCCCCCN(C(=O)[C@@H](NC(=O)[C@H]1CCCCN1C)[C@@H](C)CC)[C@H](C[C@@H](O)c1nc(C(=O)NC(Cc2ccc(N)c(F)c2)CC(C)(C)C(=O)O)cs1)C(C)C. The number of carbonyl (C=O) groups is 4. The summed E-state index contributed by atoms with van der Waals surface area (Å²) in [6.07, 6.45) is 6.58. The topological polar surface area (TPSA) is 178 Å². The lowest BCUT2D eigenvalue weighted by Gasteiger charge is -2.40. The van der Waals surface area contributed by atoms with Gasteiger partial charge >= 0.3 is 5.97 Å². The first-order chi connectivity index (χ1) is 26.4. The number of nitrogen functional groups attached to an aromatic ring is 1. The Kier molecular flexibility index (Phi) is 18.2. The largest absolute Gasteiger partial charge is 0.481 e. The predicted octanol–water partition coefficient (Wildman–Crippen LogP) is 6.58. The molecule has 0 radical (unpaired) electrons. The molecule has 314 valence electrons. The molecule has 14 heteroatoms. The summed E-state index contributed by atoms with van der Waals surface area (Å²) in [5.41, 5.74) is 5.05. The van der Waals surface area contributed by atoms with E-state index in [1.165, 1.54) is 12.1 Å². The number of nitrogens with zero attached hydrogens (tertiary/aromatic N) is 3. The van der Waals surface area contributed by atoms with Gasteiger partial charge in [0.15, 0.2) is 0 Å². The number of piperidine rings is 1. The zero-order valence-corrected chi connectivity index (χ0v) is 35.6. The minimum Gasteiger partial charge on any atom is -0.481 e. The third-order valence-electron chi connectivity index (χ3n) is 11.3. The highest BCUT2D eigenvalue weighted by molar-refractivity contribution is 7.09. The van der Waals surface area contributed by atoms with Gasteiger partial charge in [-0.05, 0) is 89.1 Å². The van der Waals surface area contributed by atoms with Crippen LogP contribution in [0, 0.1) is 23.1 Å². The molecular weight excluding hydrogens is 736 g/mol. The quantitative estimate of drug-likeness (QED) is 0.0650. The fraction of sp³-hybridized carbons (Fsp3) is 0.690. The molecule has 12 nitrogen and oxygen atoms in total. The molecular formula is C42H67FN6O6S. The second-order valence-electron chi connectivity index (χ2n) is 16.7. The minimum atomic E-state index is -1.19. The number of hydrogen-bond acceptors (Lipinski definition) is 9. The van der Waals surface area contributed by atoms with Crippen molar-refractivity contribution in [2.75, 3.05) is 25.9 Å². The summed E-state index contributed by atoms with van der Waals surface area (Å²) >= 11 is 1.13. The molecule has 1 aliphatic heterocycles. The van der Waals surface area contributed by atoms with Crippen LogP contribution in [0.15, 0.2) is 23.6 Å². The van der Waals surface area contributed by atoms with E-state index in [1.807, 2.05) is 39.6 Å². The van der Waals surface area contributed by atoms with Gasteiger partial charge in [-0.2, -0.15) is 0 Å². The number of thiazole rings is 1. The van der Waals surface area contributed by atoms with Gasteiger partial charge < -0.3 is 31.5 Å². The number of nitrogens with one attached hydrogen (secondary N) is 2. The number of aliphatic carboxylic acids is 1. The van der Waals surface area contributed by atoms with E-state index in [0.717, 1.165) is 62.8 Å². The average molecular weight is 803 g/mol. The third kappa shape index (κ3) is 13.2. The van der Waals surface area contributed by atoms with Crippen LogP contribution in [-0.4, -0.2) is 93.0 Å².